The van der Waals surface area contributed by atoms with Gasteiger partial charge in [-0.1, -0.05) is 11.6 Å². The van der Waals surface area contributed by atoms with Crippen LogP contribution in [-0.2, 0) is 4.79 Å². The van der Waals surface area contributed by atoms with Crippen LogP contribution in [0.25, 0.3) is 0 Å². The summed E-state index contributed by atoms with van der Waals surface area (Å²) in [6.07, 6.45) is 3.62. The van der Waals surface area contributed by atoms with Crippen molar-refractivity contribution >= 4 is 23.2 Å². The number of nitrogens with zero attached hydrogens (tertiary/aromatic N) is 2. The monoisotopic (exact) mass is 225 g/mol. The summed E-state index contributed by atoms with van der Waals surface area (Å²) in [5.41, 5.74) is 7.37. The molecule has 5 heteroatoms. The minimum atomic E-state index is -0.0962. The number of pyridine rings is 1. The lowest BCUT2D eigenvalue weighted by Gasteiger charge is -2.19. The molecule has 1 aromatic heterocycles. The highest BCUT2D eigenvalue weighted by atomic mass is 35.5. The number of hydrogen-bond donors (Lipinski definition) is 1. The van der Waals surface area contributed by atoms with E-state index in [4.69, 9.17) is 17.3 Å². The number of carbonyl (C=O) groups is 1. The molecule has 80 valence electrons. The lowest BCUT2D eigenvalue weighted by molar-refractivity contribution is -0.117. The Labute approximate surface area is 93.0 Å². The van der Waals surface area contributed by atoms with Crippen LogP contribution < -0.4 is 10.6 Å². The van der Waals surface area contributed by atoms with E-state index in [0.29, 0.717) is 18.0 Å². The summed E-state index contributed by atoms with van der Waals surface area (Å²) in [4.78, 5) is 17.3. The van der Waals surface area contributed by atoms with Crippen LogP contribution in [0.3, 0.4) is 0 Å². The van der Waals surface area contributed by atoms with Crippen LogP contribution in [0.2, 0.25) is 5.02 Å². The summed E-state index contributed by atoms with van der Waals surface area (Å²) in [7, 11) is 0. The Morgan fingerprint density at radius 3 is 2.87 bits per heavy atom. The van der Waals surface area contributed by atoms with E-state index in [0.717, 1.165) is 11.3 Å². The SMILES string of the molecule is Cc1cncc(Cl)c1N1CC(N)CC1=O. The average molecular weight is 226 g/mol. The number of aromatic nitrogens is 1. The van der Waals surface area contributed by atoms with Gasteiger partial charge >= 0.3 is 0 Å². The van der Waals surface area contributed by atoms with E-state index in [9.17, 15) is 4.79 Å². The Kier molecular flexibility index (Phi) is 2.63. The van der Waals surface area contributed by atoms with Crippen molar-refractivity contribution in [2.75, 3.05) is 11.4 Å². The van der Waals surface area contributed by atoms with Gasteiger partial charge in [0.25, 0.3) is 0 Å². The summed E-state index contributed by atoms with van der Waals surface area (Å²) < 4.78 is 0. The molecule has 1 aromatic rings. The topological polar surface area (TPSA) is 59.2 Å². The van der Waals surface area contributed by atoms with Crippen molar-refractivity contribution in [3.8, 4) is 0 Å². The molecule has 1 atom stereocenters. The normalized spacial score (nSPS) is 21.1. The van der Waals surface area contributed by atoms with Crippen molar-refractivity contribution < 1.29 is 4.79 Å². The van der Waals surface area contributed by atoms with Crippen LogP contribution in [-0.4, -0.2) is 23.5 Å². The van der Waals surface area contributed by atoms with E-state index in [1.165, 1.54) is 0 Å². The fourth-order valence-corrected chi connectivity index (χ4v) is 2.13. The van der Waals surface area contributed by atoms with Crippen LogP contribution in [0.4, 0.5) is 5.69 Å². The van der Waals surface area contributed by atoms with Crippen molar-refractivity contribution in [2.45, 2.75) is 19.4 Å². The molecule has 4 nitrogen and oxygen atoms in total. The largest absolute Gasteiger partial charge is 0.326 e. The van der Waals surface area contributed by atoms with Crippen LogP contribution in [0.15, 0.2) is 12.4 Å². The van der Waals surface area contributed by atoms with Gasteiger partial charge in [-0.05, 0) is 12.5 Å². The lowest BCUT2D eigenvalue weighted by atomic mass is 10.2. The third kappa shape index (κ3) is 1.82. The third-order valence-electron chi connectivity index (χ3n) is 2.48. The van der Waals surface area contributed by atoms with Crippen molar-refractivity contribution in [1.82, 2.24) is 4.98 Å². The number of anilines is 1. The fourth-order valence-electron chi connectivity index (χ4n) is 1.82. The highest BCUT2D eigenvalue weighted by Gasteiger charge is 2.30. The van der Waals surface area contributed by atoms with Gasteiger partial charge in [-0.3, -0.25) is 9.78 Å². The molecule has 0 aliphatic carbocycles. The summed E-state index contributed by atoms with van der Waals surface area (Å²) in [6, 6.07) is -0.0962. The molecule has 2 rings (SSSR count). The van der Waals surface area contributed by atoms with E-state index in [1.807, 2.05) is 6.92 Å². The molecule has 1 unspecified atom stereocenters. The van der Waals surface area contributed by atoms with Crippen molar-refractivity contribution in [2.24, 2.45) is 5.73 Å². The van der Waals surface area contributed by atoms with Crippen molar-refractivity contribution in [3.05, 3.63) is 23.0 Å². The number of carbonyl (C=O) groups excluding carboxylic acids is 1. The predicted molar refractivity (Wildman–Crippen MR) is 58.9 cm³/mol. The molecule has 0 aromatic carbocycles. The third-order valence-corrected chi connectivity index (χ3v) is 2.76. The van der Waals surface area contributed by atoms with Crippen LogP contribution in [0.5, 0.6) is 0 Å². The Balaban J connectivity index is 2.41. The van der Waals surface area contributed by atoms with Gasteiger partial charge in [-0.15, -0.1) is 0 Å². The van der Waals surface area contributed by atoms with Gasteiger partial charge < -0.3 is 10.6 Å². The van der Waals surface area contributed by atoms with Crippen molar-refractivity contribution in [1.29, 1.82) is 0 Å². The Bertz CT molecular complexity index is 387. The molecule has 0 saturated carbocycles. The zero-order valence-electron chi connectivity index (χ0n) is 8.40. The molecule has 2 heterocycles. The predicted octanol–water partition coefficient (Wildman–Crippen LogP) is 1.11. The lowest BCUT2D eigenvalue weighted by Crippen LogP contribution is -2.28. The first kappa shape index (κ1) is 10.4. The minimum absolute atomic E-state index is 0.0266. The first-order chi connectivity index (χ1) is 7.09. The van der Waals surface area contributed by atoms with Gasteiger partial charge in [0.2, 0.25) is 5.91 Å². The maximum absolute atomic E-state index is 11.7. The summed E-state index contributed by atoms with van der Waals surface area (Å²) >= 11 is 6.03. The van der Waals surface area contributed by atoms with Gasteiger partial charge in [0, 0.05) is 31.4 Å². The van der Waals surface area contributed by atoms with Gasteiger partial charge in [-0.2, -0.15) is 0 Å². The molecule has 1 fully saturated rings. The zero-order chi connectivity index (χ0) is 11.0. The fraction of sp³-hybridized carbons (Fsp3) is 0.400. The molecule has 1 saturated heterocycles. The molecular weight excluding hydrogens is 214 g/mol. The average Bonchev–Trinajstić information content (AvgIpc) is 2.45. The molecule has 1 amide bonds. The second-order valence-corrected chi connectivity index (χ2v) is 4.16. The zero-order valence-corrected chi connectivity index (χ0v) is 9.16. The molecule has 1 aliphatic rings. The van der Waals surface area contributed by atoms with Gasteiger partial charge in [0.1, 0.15) is 0 Å². The van der Waals surface area contributed by atoms with Crippen LogP contribution >= 0.6 is 11.6 Å². The summed E-state index contributed by atoms with van der Waals surface area (Å²) in [5, 5.41) is 0.498. The Hall–Kier alpha value is -1.13. The highest BCUT2D eigenvalue weighted by molar-refractivity contribution is 6.34. The number of rotatable bonds is 1. The number of halogens is 1. The van der Waals surface area contributed by atoms with Crippen molar-refractivity contribution in [3.63, 3.8) is 0 Å². The smallest absolute Gasteiger partial charge is 0.228 e. The Morgan fingerprint density at radius 1 is 1.60 bits per heavy atom. The van der Waals surface area contributed by atoms with Gasteiger partial charge in [0.15, 0.2) is 0 Å². The highest BCUT2D eigenvalue weighted by Crippen LogP contribution is 2.31. The van der Waals surface area contributed by atoms with Gasteiger partial charge in [-0.25, -0.2) is 0 Å². The molecule has 0 spiro atoms. The summed E-state index contributed by atoms with van der Waals surface area (Å²) in [6.45, 7) is 2.41. The standard InChI is InChI=1S/C10H12ClN3O/c1-6-3-13-4-8(11)10(6)14-5-7(12)2-9(14)15/h3-4,7H,2,5,12H2,1H3. The molecule has 2 N–H and O–H groups in total. The van der Waals surface area contributed by atoms with E-state index >= 15 is 0 Å². The molecule has 15 heavy (non-hydrogen) atoms. The first-order valence-electron chi connectivity index (χ1n) is 4.75. The van der Waals surface area contributed by atoms with E-state index in [2.05, 4.69) is 4.98 Å². The van der Waals surface area contributed by atoms with E-state index in [1.54, 1.807) is 17.3 Å². The quantitative estimate of drug-likeness (QED) is 0.779. The number of amides is 1. The van der Waals surface area contributed by atoms with E-state index in [-0.39, 0.29) is 11.9 Å². The number of hydrogen-bond acceptors (Lipinski definition) is 3. The first-order valence-corrected chi connectivity index (χ1v) is 5.13. The molecular formula is C10H12ClN3O. The maximum atomic E-state index is 11.7. The van der Waals surface area contributed by atoms with Crippen LogP contribution in [0, 0.1) is 6.92 Å². The summed E-state index contributed by atoms with van der Waals surface area (Å²) in [5.74, 6) is 0.0266. The second-order valence-electron chi connectivity index (χ2n) is 3.76. The number of nitrogens with two attached hydrogens (primary N) is 1. The molecule has 1 aliphatic heterocycles. The maximum Gasteiger partial charge on any atom is 0.228 e. The van der Waals surface area contributed by atoms with E-state index < -0.39 is 0 Å². The van der Waals surface area contributed by atoms with Crippen LogP contribution in [0.1, 0.15) is 12.0 Å². The van der Waals surface area contributed by atoms with Gasteiger partial charge in [0.05, 0.1) is 10.7 Å². The second kappa shape index (κ2) is 3.79. The molecule has 0 bridgehead atoms. The minimum Gasteiger partial charge on any atom is -0.326 e. The number of aryl methyl sites for hydroxylation is 1. The molecule has 0 radical (unpaired) electrons. The Morgan fingerprint density at radius 2 is 2.33 bits per heavy atom.